The second-order valence-corrected chi connectivity index (χ2v) is 9.67. The van der Waals surface area contributed by atoms with Crippen molar-refractivity contribution in [3.63, 3.8) is 0 Å². The topological polar surface area (TPSA) is 84.9 Å². The van der Waals surface area contributed by atoms with Crippen molar-refractivity contribution in [1.82, 2.24) is 5.32 Å². The summed E-state index contributed by atoms with van der Waals surface area (Å²) in [4.78, 5) is 12.8. The molecule has 3 aromatic rings. The molecular formula is C25H27ClN2O5S. The third-order valence-electron chi connectivity index (χ3n) is 5.19. The quantitative estimate of drug-likeness (QED) is 0.395. The SMILES string of the molecule is COc1ccc(S(=O)(=O)N(CC(=O)NCCCc2ccccc2Cl)c2ccccc2OC)cc1. The van der Waals surface area contributed by atoms with E-state index in [2.05, 4.69) is 5.32 Å². The van der Waals surface area contributed by atoms with Gasteiger partial charge in [-0.2, -0.15) is 0 Å². The van der Waals surface area contributed by atoms with E-state index in [9.17, 15) is 13.2 Å². The number of rotatable bonds is 11. The number of para-hydroxylation sites is 2. The van der Waals surface area contributed by atoms with E-state index in [1.54, 1.807) is 36.4 Å². The Hall–Kier alpha value is -3.23. The van der Waals surface area contributed by atoms with E-state index in [0.717, 1.165) is 9.87 Å². The summed E-state index contributed by atoms with van der Waals surface area (Å²) in [5.74, 6) is 0.437. The van der Waals surface area contributed by atoms with Gasteiger partial charge in [0.15, 0.2) is 0 Å². The van der Waals surface area contributed by atoms with Crippen molar-refractivity contribution in [2.75, 3.05) is 31.6 Å². The first-order chi connectivity index (χ1) is 16.4. The van der Waals surface area contributed by atoms with E-state index in [-0.39, 0.29) is 10.6 Å². The number of nitrogens with one attached hydrogen (secondary N) is 1. The number of anilines is 1. The lowest BCUT2D eigenvalue weighted by atomic mass is 10.1. The van der Waals surface area contributed by atoms with Gasteiger partial charge >= 0.3 is 0 Å². The number of carbonyl (C=O) groups is 1. The lowest BCUT2D eigenvalue weighted by Crippen LogP contribution is -2.41. The van der Waals surface area contributed by atoms with Crippen molar-refractivity contribution >= 4 is 33.2 Å². The zero-order valence-electron chi connectivity index (χ0n) is 19.0. The van der Waals surface area contributed by atoms with E-state index in [0.29, 0.717) is 35.9 Å². The summed E-state index contributed by atoms with van der Waals surface area (Å²) in [6, 6.07) is 20.2. The van der Waals surface area contributed by atoms with Crippen LogP contribution in [0.4, 0.5) is 5.69 Å². The molecule has 0 spiro atoms. The number of benzene rings is 3. The average Bonchev–Trinajstić information content (AvgIpc) is 2.86. The summed E-state index contributed by atoms with van der Waals surface area (Å²) < 4.78 is 38.6. The maximum atomic E-state index is 13.5. The smallest absolute Gasteiger partial charge is 0.264 e. The van der Waals surface area contributed by atoms with Gasteiger partial charge in [-0.15, -0.1) is 0 Å². The molecule has 180 valence electrons. The number of hydrogen-bond donors (Lipinski definition) is 1. The van der Waals surface area contributed by atoms with Crippen LogP contribution in [0.15, 0.2) is 77.7 Å². The Kier molecular flexibility index (Phi) is 8.79. The van der Waals surface area contributed by atoms with Crippen LogP contribution in [0.2, 0.25) is 5.02 Å². The van der Waals surface area contributed by atoms with Crippen LogP contribution in [-0.2, 0) is 21.2 Å². The van der Waals surface area contributed by atoms with Crippen LogP contribution < -0.4 is 19.1 Å². The molecule has 0 saturated heterocycles. The lowest BCUT2D eigenvalue weighted by Gasteiger charge is -2.25. The van der Waals surface area contributed by atoms with E-state index >= 15 is 0 Å². The normalized spacial score (nSPS) is 11.0. The highest BCUT2D eigenvalue weighted by Gasteiger charge is 2.29. The molecule has 1 amide bonds. The molecule has 0 aromatic heterocycles. The molecule has 0 unspecified atom stereocenters. The zero-order valence-corrected chi connectivity index (χ0v) is 20.6. The molecule has 0 saturated carbocycles. The van der Waals surface area contributed by atoms with Crippen molar-refractivity contribution in [3.05, 3.63) is 83.4 Å². The van der Waals surface area contributed by atoms with Gasteiger partial charge in [-0.05, 0) is 60.9 Å². The molecule has 0 fully saturated rings. The molecular weight excluding hydrogens is 476 g/mol. The van der Waals surface area contributed by atoms with Crippen molar-refractivity contribution in [3.8, 4) is 11.5 Å². The van der Waals surface area contributed by atoms with Crippen molar-refractivity contribution in [2.24, 2.45) is 0 Å². The first-order valence-electron chi connectivity index (χ1n) is 10.7. The number of sulfonamides is 1. The Morgan fingerprint density at radius 2 is 1.62 bits per heavy atom. The number of nitrogens with zero attached hydrogens (tertiary/aromatic N) is 1. The molecule has 0 aliphatic carbocycles. The minimum absolute atomic E-state index is 0.0331. The monoisotopic (exact) mass is 502 g/mol. The maximum Gasteiger partial charge on any atom is 0.264 e. The Morgan fingerprint density at radius 3 is 2.29 bits per heavy atom. The minimum Gasteiger partial charge on any atom is -0.497 e. The van der Waals surface area contributed by atoms with Crippen molar-refractivity contribution in [1.29, 1.82) is 0 Å². The number of hydrogen-bond acceptors (Lipinski definition) is 5. The molecule has 0 aliphatic rings. The van der Waals surface area contributed by atoms with Gasteiger partial charge < -0.3 is 14.8 Å². The van der Waals surface area contributed by atoms with Crippen LogP contribution in [0.5, 0.6) is 11.5 Å². The van der Waals surface area contributed by atoms with Gasteiger partial charge in [-0.25, -0.2) is 8.42 Å². The molecule has 7 nitrogen and oxygen atoms in total. The third-order valence-corrected chi connectivity index (χ3v) is 7.33. The highest BCUT2D eigenvalue weighted by atomic mass is 35.5. The van der Waals surface area contributed by atoms with E-state index < -0.39 is 22.5 Å². The average molecular weight is 503 g/mol. The third kappa shape index (κ3) is 6.21. The molecule has 0 bridgehead atoms. The van der Waals surface area contributed by atoms with Gasteiger partial charge in [0.05, 0.1) is 24.8 Å². The lowest BCUT2D eigenvalue weighted by molar-refractivity contribution is -0.119. The van der Waals surface area contributed by atoms with Gasteiger partial charge in [0.1, 0.15) is 18.0 Å². The number of amides is 1. The van der Waals surface area contributed by atoms with Crippen LogP contribution in [-0.4, -0.2) is 41.6 Å². The fourth-order valence-electron chi connectivity index (χ4n) is 3.40. The van der Waals surface area contributed by atoms with Gasteiger partial charge in [-0.1, -0.05) is 41.9 Å². The fraction of sp³-hybridized carbons (Fsp3) is 0.240. The second-order valence-electron chi connectivity index (χ2n) is 7.40. The summed E-state index contributed by atoms with van der Waals surface area (Å²) >= 11 is 6.18. The molecule has 3 aromatic carbocycles. The first-order valence-corrected chi connectivity index (χ1v) is 12.5. The molecule has 0 radical (unpaired) electrons. The molecule has 34 heavy (non-hydrogen) atoms. The predicted octanol–water partition coefficient (Wildman–Crippen LogP) is 4.30. The largest absolute Gasteiger partial charge is 0.497 e. The van der Waals surface area contributed by atoms with Gasteiger partial charge in [-0.3, -0.25) is 9.10 Å². The van der Waals surface area contributed by atoms with Gasteiger partial charge in [0, 0.05) is 11.6 Å². The number of carbonyl (C=O) groups excluding carboxylic acids is 1. The van der Waals surface area contributed by atoms with E-state index in [1.807, 2.05) is 24.3 Å². The van der Waals surface area contributed by atoms with Crippen molar-refractivity contribution in [2.45, 2.75) is 17.7 Å². The maximum absolute atomic E-state index is 13.5. The summed E-state index contributed by atoms with van der Waals surface area (Å²) in [6.45, 7) is -0.0206. The van der Waals surface area contributed by atoms with Crippen LogP contribution in [0.25, 0.3) is 0 Å². The second kappa shape index (κ2) is 11.8. The standard InChI is InChI=1S/C25H27ClN2O5S/c1-32-20-13-15-21(16-14-20)34(30,31)28(23-11-5-6-12-24(23)33-2)18-25(29)27-17-7-9-19-8-3-4-10-22(19)26/h3-6,8,10-16H,7,9,17-18H2,1-2H3,(H,27,29). The predicted molar refractivity (Wildman–Crippen MR) is 133 cm³/mol. The Balaban J connectivity index is 1.77. The number of methoxy groups -OCH3 is 2. The Bertz CT molecular complexity index is 1220. The zero-order chi connectivity index (χ0) is 24.6. The Labute approximate surface area is 205 Å². The molecule has 0 heterocycles. The molecule has 1 N–H and O–H groups in total. The van der Waals surface area contributed by atoms with Crippen LogP contribution in [0, 0.1) is 0 Å². The van der Waals surface area contributed by atoms with Gasteiger partial charge in [0.25, 0.3) is 10.0 Å². The van der Waals surface area contributed by atoms with Crippen molar-refractivity contribution < 1.29 is 22.7 Å². The summed E-state index contributed by atoms with van der Waals surface area (Å²) in [7, 11) is -1.12. The van der Waals surface area contributed by atoms with Crippen LogP contribution in [0.1, 0.15) is 12.0 Å². The Morgan fingerprint density at radius 1 is 0.941 bits per heavy atom. The highest BCUT2D eigenvalue weighted by molar-refractivity contribution is 7.92. The van der Waals surface area contributed by atoms with E-state index in [4.69, 9.17) is 21.1 Å². The molecule has 0 aliphatic heterocycles. The highest BCUT2D eigenvalue weighted by Crippen LogP contribution is 2.32. The molecule has 0 atom stereocenters. The van der Waals surface area contributed by atoms with Crippen LogP contribution >= 0.6 is 11.6 Å². The van der Waals surface area contributed by atoms with E-state index in [1.165, 1.54) is 26.4 Å². The molecule has 9 heteroatoms. The first kappa shape index (κ1) is 25.4. The fourth-order valence-corrected chi connectivity index (χ4v) is 5.07. The number of aryl methyl sites for hydroxylation is 1. The number of halogens is 1. The number of ether oxygens (including phenoxy) is 2. The van der Waals surface area contributed by atoms with Gasteiger partial charge in [0.2, 0.25) is 5.91 Å². The molecule has 3 rings (SSSR count). The van der Waals surface area contributed by atoms with Crippen LogP contribution in [0.3, 0.4) is 0 Å². The summed E-state index contributed by atoms with van der Waals surface area (Å²) in [5.41, 5.74) is 1.27. The minimum atomic E-state index is -4.07. The summed E-state index contributed by atoms with van der Waals surface area (Å²) in [6.07, 6.45) is 1.36. The summed E-state index contributed by atoms with van der Waals surface area (Å²) in [5, 5.41) is 3.49.